The van der Waals surface area contributed by atoms with Gasteiger partial charge in [0.2, 0.25) is 11.8 Å². The van der Waals surface area contributed by atoms with Crippen LogP contribution in [-0.4, -0.2) is 41.0 Å². The van der Waals surface area contributed by atoms with E-state index in [-0.39, 0.29) is 24.0 Å². The molecule has 4 heterocycles. The molecule has 2 bridgehead atoms. The highest BCUT2D eigenvalue weighted by molar-refractivity contribution is 6.01. The number of benzene rings is 1. The number of nitrogens with one attached hydrogen (secondary N) is 1. The molecule has 7 heteroatoms. The Morgan fingerprint density at radius 2 is 1.91 bits per heavy atom. The third-order valence-electron chi connectivity index (χ3n) is 7.75. The second-order valence-corrected chi connectivity index (χ2v) is 9.71. The van der Waals surface area contributed by atoms with Crippen molar-refractivity contribution in [2.24, 2.45) is 11.8 Å². The average Bonchev–Trinajstić information content (AvgIpc) is 3.51. The van der Waals surface area contributed by atoms with E-state index in [2.05, 4.69) is 5.32 Å². The first-order valence-corrected chi connectivity index (χ1v) is 11.4. The SMILES string of the molecule is Cc1cc2oc(=O)cc(C)c2cc1NC(=O)[C@H]1[C@@H]2C=C[C@@]3(CN(C4CCCC4)C(=O)[C@@H]13)O2. The molecule has 0 unspecified atom stereocenters. The number of ether oxygens (including phenoxy) is 1. The molecule has 2 saturated heterocycles. The number of fused-ring (bicyclic) bond motifs is 2. The number of rotatable bonds is 3. The third-order valence-corrected chi connectivity index (χ3v) is 7.75. The summed E-state index contributed by atoms with van der Waals surface area (Å²) in [6, 6.07) is 5.31. The predicted molar refractivity (Wildman–Crippen MR) is 118 cm³/mol. The highest BCUT2D eigenvalue weighted by Gasteiger charge is 2.67. The zero-order valence-electron chi connectivity index (χ0n) is 18.2. The van der Waals surface area contributed by atoms with Crippen LogP contribution in [0.1, 0.15) is 36.8 Å². The van der Waals surface area contributed by atoms with Crippen LogP contribution in [0.15, 0.2) is 39.6 Å². The van der Waals surface area contributed by atoms with Crippen LogP contribution in [0.2, 0.25) is 0 Å². The van der Waals surface area contributed by atoms with E-state index in [0.29, 0.717) is 17.8 Å². The fourth-order valence-corrected chi connectivity index (χ4v) is 6.17. The molecule has 4 atom stereocenters. The van der Waals surface area contributed by atoms with Crippen LogP contribution in [0.25, 0.3) is 11.0 Å². The lowest BCUT2D eigenvalue weighted by molar-refractivity contribution is -0.137. The number of hydrogen-bond donors (Lipinski definition) is 1. The third kappa shape index (κ3) is 2.73. The Labute approximate surface area is 185 Å². The maximum Gasteiger partial charge on any atom is 0.336 e. The molecule has 166 valence electrons. The molecule has 1 aromatic carbocycles. The maximum absolute atomic E-state index is 13.5. The van der Waals surface area contributed by atoms with Crippen molar-refractivity contribution in [2.75, 3.05) is 11.9 Å². The molecule has 3 fully saturated rings. The molecule has 7 nitrogen and oxygen atoms in total. The Bertz CT molecular complexity index is 1240. The summed E-state index contributed by atoms with van der Waals surface area (Å²) in [5.41, 5.74) is 1.65. The highest BCUT2D eigenvalue weighted by Crippen LogP contribution is 2.53. The van der Waals surface area contributed by atoms with Crippen LogP contribution < -0.4 is 10.9 Å². The van der Waals surface area contributed by atoms with Crippen molar-refractivity contribution in [3.8, 4) is 0 Å². The standard InChI is InChI=1S/C25H26N2O5/c1-13-10-20(28)31-19-9-14(2)17(11-16(13)19)26-23(29)21-18-7-8-25(32-18)12-27(24(30)22(21)25)15-5-3-4-6-15/h7-11,15,18,21-22H,3-6,12H2,1-2H3,(H,26,29)/t18-,21-,22+,25-/m0/s1. The van der Waals surface area contributed by atoms with Crippen molar-refractivity contribution in [3.05, 3.63) is 51.9 Å². The van der Waals surface area contributed by atoms with Gasteiger partial charge in [-0.15, -0.1) is 0 Å². The predicted octanol–water partition coefficient (Wildman–Crippen LogP) is 3.07. The van der Waals surface area contributed by atoms with Gasteiger partial charge in [-0.25, -0.2) is 4.79 Å². The summed E-state index contributed by atoms with van der Waals surface area (Å²) in [5, 5.41) is 3.82. The number of nitrogens with zero attached hydrogens (tertiary/aromatic N) is 1. The second-order valence-electron chi connectivity index (χ2n) is 9.71. The molecule has 2 amide bonds. The lowest BCUT2D eigenvalue weighted by atomic mass is 9.76. The van der Waals surface area contributed by atoms with Crippen LogP contribution in [0, 0.1) is 25.7 Å². The molecule has 4 aliphatic rings. The van der Waals surface area contributed by atoms with Gasteiger partial charge in [0.1, 0.15) is 11.2 Å². The summed E-state index contributed by atoms with van der Waals surface area (Å²) in [6.07, 6.45) is 7.93. The van der Waals surface area contributed by atoms with Gasteiger partial charge in [0.25, 0.3) is 0 Å². The molecule has 1 N–H and O–H groups in total. The molecule has 0 radical (unpaired) electrons. The van der Waals surface area contributed by atoms with Crippen LogP contribution in [-0.2, 0) is 14.3 Å². The number of likely N-dealkylation sites (tertiary alicyclic amines) is 1. The Morgan fingerprint density at radius 1 is 1.12 bits per heavy atom. The van der Waals surface area contributed by atoms with Crippen LogP contribution >= 0.6 is 0 Å². The van der Waals surface area contributed by atoms with Gasteiger partial charge in [0, 0.05) is 23.2 Å². The van der Waals surface area contributed by atoms with Gasteiger partial charge < -0.3 is 19.4 Å². The Hall–Kier alpha value is -2.93. The molecule has 3 aliphatic heterocycles. The minimum atomic E-state index is -0.676. The first-order valence-electron chi connectivity index (χ1n) is 11.4. The number of amides is 2. The quantitative estimate of drug-likeness (QED) is 0.593. The topological polar surface area (TPSA) is 88.9 Å². The Morgan fingerprint density at radius 3 is 2.69 bits per heavy atom. The van der Waals surface area contributed by atoms with E-state index < -0.39 is 23.1 Å². The molecule has 2 aromatic rings. The summed E-state index contributed by atoms with van der Waals surface area (Å²) >= 11 is 0. The largest absolute Gasteiger partial charge is 0.423 e. The molecule has 1 saturated carbocycles. The number of hydrogen-bond acceptors (Lipinski definition) is 5. The summed E-state index contributed by atoms with van der Waals surface area (Å²) in [6.45, 7) is 4.25. The van der Waals surface area contributed by atoms with Crippen LogP contribution in [0.5, 0.6) is 0 Å². The molecule has 1 spiro atoms. The molecule has 6 rings (SSSR count). The smallest absolute Gasteiger partial charge is 0.336 e. The minimum Gasteiger partial charge on any atom is -0.423 e. The van der Waals surface area contributed by atoms with E-state index in [1.165, 1.54) is 6.07 Å². The zero-order chi connectivity index (χ0) is 22.2. The number of anilines is 1. The Kier molecular flexibility index (Phi) is 4.18. The first kappa shape index (κ1) is 19.7. The van der Waals surface area contributed by atoms with Crippen LogP contribution in [0.3, 0.4) is 0 Å². The molecule has 1 aromatic heterocycles. The fraction of sp³-hybridized carbons (Fsp3) is 0.480. The van der Waals surface area contributed by atoms with Crippen molar-refractivity contribution in [1.82, 2.24) is 4.90 Å². The summed E-state index contributed by atoms with van der Waals surface area (Å²) in [5.74, 6) is -1.18. The maximum atomic E-state index is 13.5. The van der Waals surface area contributed by atoms with Crippen molar-refractivity contribution >= 4 is 28.5 Å². The first-order chi connectivity index (χ1) is 15.4. The van der Waals surface area contributed by atoms with Gasteiger partial charge in [0.15, 0.2) is 0 Å². The van der Waals surface area contributed by atoms with E-state index in [9.17, 15) is 14.4 Å². The zero-order valence-corrected chi connectivity index (χ0v) is 18.2. The van der Waals surface area contributed by atoms with Gasteiger partial charge in [-0.3, -0.25) is 9.59 Å². The average molecular weight is 434 g/mol. The van der Waals surface area contributed by atoms with E-state index in [1.807, 2.05) is 37.0 Å². The van der Waals surface area contributed by atoms with E-state index >= 15 is 0 Å². The second kappa shape index (κ2) is 6.78. The molecular formula is C25H26N2O5. The van der Waals surface area contributed by atoms with Gasteiger partial charge >= 0.3 is 5.63 Å². The monoisotopic (exact) mass is 434 g/mol. The summed E-state index contributed by atoms with van der Waals surface area (Å²) in [7, 11) is 0. The van der Waals surface area contributed by atoms with Crippen molar-refractivity contribution in [3.63, 3.8) is 0 Å². The number of carbonyl (C=O) groups excluding carboxylic acids is 2. The number of carbonyl (C=O) groups is 2. The van der Waals surface area contributed by atoms with Gasteiger partial charge in [-0.05, 0) is 49.9 Å². The minimum absolute atomic E-state index is 0.0525. The Balaban J connectivity index is 1.31. The van der Waals surface area contributed by atoms with Gasteiger partial charge in [-0.1, -0.05) is 25.0 Å². The molecule has 32 heavy (non-hydrogen) atoms. The highest BCUT2D eigenvalue weighted by atomic mass is 16.5. The van der Waals surface area contributed by atoms with E-state index in [1.54, 1.807) is 6.07 Å². The van der Waals surface area contributed by atoms with Gasteiger partial charge in [-0.2, -0.15) is 0 Å². The number of aryl methyl sites for hydroxylation is 2. The fourth-order valence-electron chi connectivity index (χ4n) is 6.17. The summed E-state index contributed by atoms with van der Waals surface area (Å²) in [4.78, 5) is 40.6. The van der Waals surface area contributed by atoms with E-state index in [4.69, 9.17) is 9.15 Å². The lowest BCUT2D eigenvalue weighted by Gasteiger charge is -2.27. The summed E-state index contributed by atoms with van der Waals surface area (Å²) < 4.78 is 11.6. The molecule has 1 aliphatic carbocycles. The van der Waals surface area contributed by atoms with Crippen molar-refractivity contribution in [1.29, 1.82) is 0 Å². The van der Waals surface area contributed by atoms with Gasteiger partial charge in [0.05, 0.1) is 24.5 Å². The lowest BCUT2D eigenvalue weighted by Crippen LogP contribution is -2.42. The normalized spacial score (nSPS) is 31.1. The van der Waals surface area contributed by atoms with Crippen molar-refractivity contribution in [2.45, 2.75) is 57.3 Å². The van der Waals surface area contributed by atoms with Crippen molar-refractivity contribution < 1.29 is 18.7 Å². The van der Waals surface area contributed by atoms with E-state index in [0.717, 1.165) is 42.2 Å². The van der Waals surface area contributed by atoms with Crippen LogP contribution in [0.4, 0.5) is 5.69 Å². The molecular weight excluding hydrogens is 408 g/mol.